The van der Waals surface area contributed by atoms with Gasteiger partial charge in [0.05, 0.1) is 14.2 Å². The van der Waals surface area contributed by atoms with Gasteiger partial charge in [-0.15, -0.1) is 0 Å². The number of rotatable bonds is 7. The number of aliphatic carboxylic acids is 1. The standard InChI is InChI=1S/C14H19NO6/c1-9(21-14(18)13(16)17)7-15-8-10-4-5-11(19-2)12(6-10)20-3/h4-6,9,15H,7-8H2,1-3H3,(H,16,17). The molecule has 7 nitrogen and oxygen atoms in total. The molecule has 0 heterocycles. The summed E-state index contributed by atoms with van der Waals surface area (Å²) in [5.41, 5.74) is 0.962. The van der Waals surface area contributed by atoms with Crippen molar-refractivity contribution in [3.05, 3.63) is 23.8 Å². The van der Waals surface area contributed by atoms with Crippen molar-refractivity contribution in [1.29, 1.82) is 0 Å². The van der Waals surface area contributed by atoms with E-state index in [1.807, 2.05) is 12.1 Å². The van der Waals surface area contributed by atoms with Crippen molar-refractivity contribution in [1.82, 2.24) is 5.32 Å². The van der Waals surface area contributed by atoms with Crippen LogP contribution in [0.2, 0.25) is 0 Å². The number of carbonyl (C=O) groups is 2. The fourth-order valence-corrected chi connectivity index (χ4v) is 1.69. The van der Waals surface area contributed by atoms with Crippen molar-refractivity contribution >= 4 is 11.9 Å². The second-order valence-electron chi connectivity index (χ2n) is 4.34. The molecule has 0 aromatic heterocycles. The van der Waals surface area contributed by atoms with Gasteiger partial charge in [0, 0.05) is 13.1 Å². The predicted molar refractivity (Wildman–Crippen MR) is 74.4 cm³/mol. The molecular formula is C14H19NO6. The molecule has 0 spiro atoms. The third kappa shape index (κ3) is 5.31. The van der Waals surface area contributed by atoms with Gasteiger partial charge in [-0.3, -0.25) is 0 Å². The Balaban J connectivity index is 2.45. The van der Waals surface area contributed by atoms with Crippen LogP contribution >= 0.6 is 0 Å². The zero-order chi connectivity index (χ0) is 15.8. The lowest BCUT2D eigenvalue weighted by Gasteiger charge is -2.13. The molecule has 0 saturated heterocycles. The van der Waals surface area contributed by atoms with Crippen molar-refractivity contribution in [3.8, 4) is 11.5 Å². The summed E-state index contributed by atoms with van der Waals surface area (Å²) in [5.74, 6) is -1.58. The predicted octanol–water partition coefficient (Wildman–Crippen LogP) is 0.810. The quantitative estimate of drug-likeness (QED) is 0.568. The highest BCUT2D eigenvalue weighted by Gasteiger charge is 2.16. The number of carbonyl (C=O) groups excluding carboxylic acids is 1. The summed E-state index contributed by atoms with van der Waals surface area (Å²) < 4.78 is 15.0. The van der Waals surface area contributed by atoms with Gasteiger partial charge in [0.15, 0.2) is 11.5 Å². The zero-order valence-corrected chi connectivity index (χ0v) is 12.2. The molecule has 1 aromatic rings. The van der Waals surface area contributed by atoms with Gasteiger partial charge in [-0.2, -0.15) is 0 Å². The van der Waals surface area contributed by atoms with Crippen molar-refractivity contribution in [2.45, 2.75) is 19.6 Å². The Labute approximate surface area is 122 Å². The molecule has 0 aliphatic rings. The molecule has 0 radical (unpaired) electrons. The van der Waals surface area contributed by atoms with Crippen LogP contribution in [0.4, 0.5) is 0 Å². The number of esters is 1. The lowest BCUT2D eigenvalue weighted by atomic mass is 10.2. The van der Waals surface area contributed by atoms with E-state index in [1.54, 1.807) is 27.2 Å². The Morgan fingerprint density at radius 2 is 1.90 bits per heavy atom. The molecule has 1 rings (SSSR count). The van der Waals surface area contributed by atoms with E-state index in [2.05, 4.69) is 10.1 Å². The van der Waals surface area contributed by atoms with Crippen LogP contribution in [0.3, 0.4) is 0 Å². The number of hydrogen-bond acceptors (Lipinski definition) is 6. The molecular weight excluding hydrogens is 278 g/mol. The van der Waals surface area contributed by atoms with Crippen LogP contribution in [0.5, 0.6) is 11.5 Å². The molecule has 0 aliphatic heterocycles. The van der Waals surface area contributed by atoms with E-state index in [9.17, 15) is 9.59 Å². The van der Waals surface area contributed by atoms with Gasteiger partial charge in [-0.1, -0.05) is 6.07 Å². The number of carboxylic acid groups (broad SMARTS) is 1. The average Bonchev–Trinajstić information content (AvgIpc) is 2.46. The highest BCUT2D eigenvalue weighted by atomic mass is 16.6. The minimum atomic E-state index is -1.60. The van der Waals surface area contributed by atoms with Crippen LogP contribution in [-0.4, -0.2) is 43.9 Å². The van der Waals surface area contributed by atoms with Gasteiger partial charge in [-0.05, 0) is 24.6 Å². The van der Waals surface area contributed by atoms with Crippen molar-refractivity contribution in [2.24, 2.45) is 0 Å². The van der Waals surface area contributed by atoms with E-state index >= 15 is 0 Å². The molecule has 1 aromatic carbocycles. The van der Waals surface area contributed by atoms with Crippen molar-refractivity contribution < 1.29 is 28.9 Å². The Bertz CT molecular complexity index is 502. The van der Waals surface area contributed by atoms with Crippen LogP contribution in [0.25, 0.3) is 0 Å². The van der Waals surface area contributed by atoms with Gasteiger partial charge in [0.2, 0.25) is 0 Å². The van der Waals surface area contributed by atoms with Gasteiger partial charge < -0.3 is 24.6 Å². The summed E-state index contributed by atoms with van der Waals surface area (Å²) in [6, 6.07) is 5.51. The van der Waals surface area contributed by atoms with E-state index in [0.717, 1.165) is 5.56 Å². The molecule has 7 heteroatoms. The third-order valence-electron chi connectivity index (χ3n) is 2.69. The monoisotopic (exact) mass is 297 g/mol. The molecule has 0 aliphatic carbocycles. The molecule has 1 unspecified atom stereocenters. The fourth-order valence-electron chi connectivity index (χ4n) is 1.69. The van der Waals surface area contributed by atoms with E-state index in [4.69, 9.17) is 14.6 Å². The molecule has 0 fully saturated rings. The van der Waals surface area contributed by atoms with Gasteiger partial charge in [-0.25, -0.2) is 9.59 Å². The first kappa shape index (κ1) is 16.8. The van der Waals surface area contributed by atoms with Gasteiger partial charge in [0.25, 0.3) is 0 Å². The Kier molecular flexibility index (Phi) is 6.48. The summed E-state index contributed by atoms with van der Waals surface area (Å²) in [7, 11) is 3.12. The summed E-state index contributed by atoms with van der Waals surface area (Å²) in [6.07, 6.45) is -0.534. The largest absolute Gasteiger partial charge is 0.493 e. The number of nitrogens with one attached hydrogen (secondary N) is 1. The molecule has 2 N–H and O–H groups in total. The van der Waals surface area contributed by atoms with E-state index in [1.165, 1.54) is 0 Å². The average molecular weight is 297 g/mol. The number of methoxy groups -OCH3 is 2. The normalized spacial score (nSPS) is 11.6. The Morgan fingerprint density at radius 1 is 1.24 bits per heavy atom. The smallest absolute Gasteiger partial charge is 0.417 e. The van der Waals surface area contributed by atoms with E-state index in [0.29, 0.717) is 24.6 Å². The summed E-state index contributed by atoms with van der Waals surface area (Å²) >= 11 is 0. The van der Waals surface area contributed by atoms with Crippen molar-refractivity contribution in [2.75, 3.05) is 20.8 Å². The highest BCUT2D eigenvalue weighted by molar-refractivity contribution is 6.28. The highest BCUT2D eigenvalue weighted by Crippen LogP contribution is 2.27. The first-order valence-corrected chi connectivity index (χ1v) is 6.33. The summed E-state index contributed by atoms with van der Waals surface area (Å²) in [5, 5.41) is 11.5. The minimum Gasteiger partial charge on any atom is -0.493 e. The van der Waals surface area contributed by atoms with Gasteiger partial charge in [0.1, 0.15) is 6.10 Å². The van der Waals surface area contributed by atoms with Crippen molar-refractivity contribution in [3.63, 3.8) is 0 Å². The lowest BCUT2D eigenvalue weighted by molar-refractivity contribution is -0.166. The Morgan fingerprint density at radius 3 is 2.48 bits per heavy atom. The molecule has 116 valence electrons. The number of hydrogen-bond donors (Lipinski definition) is 2. The second-order valence-corrected chi connectivity index (χ2v) is 4.34. The molecule has 0 bridgehead atoms. The molecule has 21 heavy (non-hydrogen) atoms. The van der Waals surface area contributed by atoms with Crippen LogP contribution in [0.15, 0.2) is 18.2 Å². The minimum absolute atomic E-state index is 0.341. The SMILES string of the molecule is COc1ccc(CNCC(C)OC(=O)C(=O)O)cc1OC. The first-order chi connectivity index (χ1) is 9.97. The summed E-state index contributed by atoms with van der Waals surface area (Å²) in [6.45, 7) is 2.48. The molecule has 1 atom stereocenters. The second kappa shape index (κ2) is 8.11. The topological polar surface area (TPSA) is 94.1 Å². The van der Waals surface area contributed by atoms with Crippen LogP contribution in [0.1, 0.15) is 12.5 Å². The number of benzene rings is 1. The van der Waals surface area contributed by atoms with E-state index in [-0.39, 0.29) is 0 Å². The molecule has 0 amide bonds. The zero-order valence-electron chi connectivity index (χ0n) is 12.2. The van der Waals surface area contributed by atoms with Crippen LogP contribution in [0, 0.1) is 0 Å². The van der Waals surface area contributed by atoms with Gasteiger partial charge >= 0.3 is 11.9 Å². The number of ether oxygens (including phenoxy) is 3. The fraction of sp³-hybridized carbons (Fsp3) is 0.429. The Hall–Kier alpha value is -2.28. The lowest BCUT2D eigenvalue weighted by Crippen LogP contribution is -2.30. The van der Waals surface area contributed by atoms with Crippen LogP contribution in [-0.2, 0) is 20.9 Å². The molecule has 0 saturated carbocycles. The maximum atomic E-state index is 10.9. The first-order valence-electron chi connectivity index (χ1n) is 6.33. The maximum Gasteiger partial charge on any atom is 0.417 e. The number of carboxylic acids is 1. The third-order valence-corrected chi connectivity index (χ3v) is 2.69. The van der Waals surface area contributed by atoms with Crippen LogP contribution < -0.4 is 14.8 Å². The summed E-state index contributed by atoms with van der Waals surface area (Å²) in [4.78, 5) is 21.2. The maximum absolute atomic E-state index is 10.9. The van der Waals surface area contributed by atoms with E-state index < -0.39 is 18.0 Å².